The summed E-state index contributed by atoms with van der Waals surface area (Å²) in [6, 6.07) is 0.251. The molecule has 1 aromatic heterocycles. The average molecular weight is 292 g/mol. The van der Waals surface area contributed by atoms with Crippen LogP contribution in [-0.4, -0.2) is 34.7 Å². The Morgan fingerprint density at radius 1 is 1.43 bits per heavy atom. The van der Waals surface area contributed by atoms with Crippen molar-refractivity contribution in [2.75, 3.05) is 18.0 Å². The number of amides is 2. The van der Waals surface area contributed by atoms with Crippen molar-refractivity contribution in [3.8, 4) is 0 Å². The van der Waals surface area contributed by atoms with Gasteiger partial charge in [0, 0.05) is 31.7 Å². The summed E-state index contributed by atoms with van der Waals surface area (Å²) in [5, 5.41) is 7.15. The molecule has 1 N–H and O–H groups in total. The van der Waals surface area contributed by atoms with E-state index in [-0.39, 0.29) is 30.2 Å². The fraction of sp³-hybridized carbons (Fsp3) is 0.667. The molecule has 0 spiro atoms. The van der Waals surface area contributed by atoms with E-state index in [4.69, 9.17) is 0 Å². The van der Waals surface area contributed by atoms with Crippen molar-refractivity contribution in [2.24, 2.45) is 11.8 Å². The van der Waals surface area contributed by atoms with E-state index in [9.17, 15) is 9.59 Å². The minimum absolute atomic E-state index is 0.0111. The molecule has 21 heavy (non-hydrogen) atoms. The quantitative estimate of drug-likeness (QED) is 0.896. The van der Waals surface area contributed by atoms with Gasteiger partial charge in [-0.15, -0.1) is 0 Å². The second-order valence-corrected chi connectivity index (χ2v) is 6.32. The highest BCUT2D eigenvalue weighted by Gasteiger charge is 2.35. The third-order valence-electron chi connectivity index (χ3n) is 3.61. The summed E-state index contributed by atoms with van der Waals surface area (Å²) in [5.74, 6) is 0.101. The van der Waals surface area contributed by atoms with Crippen LogP contribution < -0.4 is 10.2 Å². The highest BCUT2D eigenvalue weighted by atomic mass is 16.2. The molecule has 116 valence electrons. The Labute approximate surface area is 125 Å². The van der Waals surface area contributed by atoms with Crippen molar-refractivity contribution in [3.63, 3.8) is 0 Å². The van der Waals surface area contributed by atoms with E-state index < -0.39 is 0 Å². The third-order valence-corrected chi connectivity index (χ3v) is 3.61. The summed E-state index contributed by atoms with van der Waals surface area (Å²) in [6.45, 7) is 9.25. The number of carbonyl (C=O) groups excluding carboxylic acids is 2. The normalized spacial score (nSPS) is 18.9. The molecule has 1 aliphatic rings. The van der Waals surface area contributed by atoms with Crippen molar-refractivity contribution in [2.45, 2.75) is 40.2 Å². The smallest absolute Gasteiger partial charge is 0.227 e. The van der Waals surface area contributed by atoms with Gasteiger partial charge in [0.1, 0.15) is 0 Å². The zero-order valence-corrected chi connectivity index (χ0v) is 13.2. The van der Waals surface area contributed by atoms with E-state index in [0.717, 1.165) is 5.69 Å². The molecule has 1 aromatic rings. The highest BCUT2D eigenvalue weighted by molar-refractivity contribution is 6.00. The summed E-state index contributed by atoms with van der Waals surface area (Å²) >= 11 is 0. The lowest BCUT2D eigenvalue weighted by Crippen LogP contribution is -2.34. The second kappa shape index (κ2) is 6.28. The average Bonchev–Trinajstić information content (AvgIpc) is 3.02. The maximum absolute atomic E-state index is 12.1. The summed E-state index contributed by atoms with van der Waals surface area (Å²) in [4.78, 5) is 25.8. The molecule has 6 heteroatoms. The molecular weight excluding hydrogens is 268 g/mol. The van der Waals surface area contributed by atoms with E-state index >= 15 is 0 Å². The monoisotopic (exact) mass is 292 g/mol. The van der Waals surface area contributed by atoms with Gasteiger partial charge in [0.05, 0.1) is 17.8 Å². The van der Waals surface area contributed by atoms with Crippen LogP contribution in [0.2, 0.25) is 0 Å². The number of aromatic nitrogens is 2. The molecular formula is C15H24N4O2. The first-order valence-corrected chi connectivity index (χ1v) is 7.50. The molecule has 1 atom stereocenters. The fourth-order valence-corrected chi connectivity index (χ4v) is 2.33. The van der Waals surface area contributed by atoms with Crippen LogP contribution in [-0.2, 0) is 9.59 Å². The Morgan fingerprint density at radius 3 is 2.71 bits per heavy atom. The molecule has 0 aromatic carbocycles. The van der Waals surface area contributed by atoms with Crippen LogP contribution in [0.25, 0.3) is 0 Å². The van der Waals surface area contributed by atoms with Gasteiger partial charge < -0.3 is 10.2 Å². The molecule has 0 saturated carbocycles. The number of carbonyl (C=O) groups is 2. The molecule has 0 aliphatic carbocycles. The van der Waals surface area contributed by atoms with E-state index in [2.05, 4.69) is 10.4 Å². The summed E-state index contributed by atoms with van der Waals surface area (Å²) in [7, 11) is 0. The van der Waals surface area contributed by atoms with Crippen molar-refractivity contribution >= 4 is 17.5 Å². The molecule has 1 fully saturated rings. The molecule has 2 rings (SSSR count). The lowest BCUT2D eigenvalue weighted by molar-refractivity contribution is -0.126. The molecule has 1 aliphatic heterocycles. The highest BCUT2D eigenvalue weighted by Crippen LogP contribution is 2.25. The lowest BCUT2D eigenvalue weighted by Gasteiger charge is -2.15. The van der Waals surface area contributed by atoms with Gasteiger partial charge in [0.15, 0.2) is 0 Å². The van der Waals surface area contributed by atoms with Crippen molar-refractivity contribution < 1.29 is 9.59 Å². The van der Waals surface area contributed by atoms with Gasteiger partial charge >= 0.3 is 0 Å². The topological polar surface area (TPSA) is 67.2 Å². The number of hydrogen-bond donors (Lipinski definition) is 1. The van der Waals surface area contributed by atoms with Crippen LogP contribution >= 0.6 is 0 Å². The minimum atomic E-state index is -0.265. The first kappa shape index (κ1) is 15.5. The molecule has 1 saturated heterocycles. The number of hydrogen-bond acceptors (Lipinski definition) is 3. The molecule has 6 nitrogen and oxygen atoms in total. The SMILES string of the molecule is CC(C)CNC(=O)[C@@H]1CC(=O)N(c2cnn(C(C)C)c2)C1. The van der Waals surface area contributed by atoms with Crippen LogP contribution in [0.3, 0.4) is 0 Å². The maximum Gasteiger partial charge on any atom is 0.227 e. The van der Waals surface area contributed by atoms with Gasteiger partial charge in [-0.3, -0.25) is 14.3 Å². The van der Waals surface area contributed by atoms with Crippen molar-refractivity contribution in [1.82, 2.24) is 15.1 Å². The number of nitrogens with zero attached hydrogens (tertiary/aromatic N) is 3. The predicted octanol–water partition coefficient (Wildman–Crippen LogP) is 1.59. The Kier molecular flexibility index (Phi) is 4.65. The standard InChI is InChI=1S/C15H24N4O2/c1-10(2)6-16-15(21)12-5-14(20)18(8-12)13-7-17-19(9-13)11(3)4/h7,9-12H,5-6,8H2,1-4H3,(H,16,21)/t12-/m1/s1. The second-order valence-electron chi connectivity index (χ2n) is 6.32. The number of rotatable bonds is 5. The molecule has 0 unspecified atom stereocenters. The number of anilines is 1. The first-order valence-electron chi connectivity index (χ1n) is 7.50. The largest absolute Gasteiger partial charge is 0.356 e. The minimum Gasteiger partial charge on any atom is -0.356 e. The lowest BCUT2D eigenvalue weighted by atomic mass is 10.1. The summed E-state index contributed by atoms with van der Waals surface area (Å²) in [5.41, 5.74) is 0.771. The number of nitrogens with one attached hydrogen (secondary N) is 1. The van der Waals surface area contributed by atoms with E-state index in [1.54, 1.807) is 11.1 Å². The summed E-state index contributed by atoms with van der Waals surface area (Å²) in [6.07, 6.45) is 3.82. The Balaban J connectivity index is 2.00. The maximum atomic E-state index is 12.1. The summed E-state index contributed by atoms with van der Waals surface area (Å²) < 4.78 is 1.81. The van der Waals surface area contributed by atoms with E-state index in [0.29, 0.717) is 19.0 Å². The van der Waals surface area contributed by atoms with E-state index in [1.807, 2.05) is 38.6 Å². The first-order chi connectivity index (χ1) is 9.88. The predicted molar refractivity (Wildman–Crippen MR) is 80.9 cm³/mol. The Hall–Kier alpha value is -1.85. The van der Waals surface area contributed by atoms with Crippen LogP contribution in [0.15, 0.2) is 12.4 Å². The zero-order valence-electron chi connectivity index (χ0n) is 13.2. The van der Waals surface area contributed by atoms with Crippen molar-refractivity contribution in [1.29, 1.82) is 0 Å². The Bertz CT molecular complexity index is 521. The van der Waals surface area contributed by atoms with Gasteiger partial charge in [-0.05, 0) is 19.8 Å². The van der Waals surface area contributed by atoms with Crippen molar-refractivity contribution in [3.05, 3.63) is 12.4 Å². The van der Waals surface area contributed by atoms with Crippen LogP contribution in [0, 0.1) is 11.8 Å². The van der Waals surface area contributed by atoms with Crippen LogP contribution in [0.5, 0.6) is 0 Å². The third kappa shape index (κ3) is 3.62. The molecule has 0 bridgehead atoms. The molecule has 2 amide bonds. The van der Waals surface area contributed by atoms with Gasteiger partial charge in [-0.1, -0.05) is 13.8 Å². The molecule has 2 heterocycles. The van der Waals surface area contributed by atoms with Gasteiger partial charge in [0.25, 0.3) is 0 Å². The molecule has 0 radical (unpaired) electrons. The van der Waals surface area contributed by atoms with Crippen LogP contribution in [0.4, 0.5) is 5.69 Å². The Morgan fingerprint density at radius 2 is 2.14 bits per heavy atom. The van der Waals surface area contributed by atoms with Gasteiger partial charge in [-0.25, -0.2) is 0 Å². The van der Waals surface area contributed by atoms with E-state index in [1.165, 1.54) is 0 Å². The zero-order chi connectivity index (χ0) is 15.6. The van der Waals surface area contributed by atoms with Gasteiger partial charge in [-0.2, -0.15) is 5.10 Å². The van der Waals surface area contributed by atoms with Gasteiger partial charge in [0.2, 0.25) is 11.8 Å². The van der Waals surface area contributed by atoms with Crippen LogP contribution in [0.1, 0.15) is 40.2 Å². The fourth-order valence-electron chi connectivity index (χ4n) is 2.33.